The fourth-order valence-corrected chi connectivity index (χ4v) is 1.53. The first-order valence-electron chi connectivity index (χ1n) is 4.37. The minimum absolute atomic E-state index is 0.0127. The van der Waals surface area contributed by atoms with Gasteiger partial charge in [0.25, 0.3) is 0 Å². The average Bonchev–Trinajstić information content (AvgIpc) is 2.04. The van der Waals surface area contributed by atoms with E-state index in [4.69, 9.17) is 5.26 Å². The summed E-state index contributed by atoms with van der Waals surface area (Å²) in [7, 11) is 0. The first kappa shape index (κ1) is 9.05. The molecule has 3 heteroatoms. The molecule has 0 N–H and O–H groups in total. The van der Waals surface area contributed by atoms with E-state index in [2.05, 4.69) is 0 Å². The maximum Gasteiger partial charge on any atom is 0.240 e. The lowest BCUT2D eigenvalue weighted by Crippen LogP contribution is -2.44. The van der Waals surface area contributed by atoms with Crippen LogP contribution in [-0.4, -0.2) is 23.4 Å². The molecule has 0 radical (unpaired) electrons. The predicted octanol–water partition coefficient (Wildman–Crippen LogP) is 1.16. The lowest BCUT2D eigenvalue weighted by molar-refractivity contribution is -0.138. The van der Waals surface area contributed by atoms with E-state index in [0.717, 1.165) is 19.4 Å². The number of likely N-dealkylation sites (tertiary alicyclic amines) is 1. The second-order valence-corrected chi connectivity index (χ2v) is 3.45. The Bertz CT molecular complexity index is 217. The molecule has 0 aromatic carbocycles. The smallest absolute Gasteiger partial charge is 0.240 e. The van der Waals surface area contributed by atoms with Crippen molar-refractivity contribution in [2.24, 2.45) is 5.92 Å². The Morgan fingerprint density at radius 3 is 2.83 bits per heavy atom. The van der Waals surface area contributed by atoms with Gasteiger partial charge in [-0.3, -0.25) is 4.79 Å². The molecule has 66 valence electrons. The zero-order valence-electron chi connectivity index (χ0n) is 7.58. The number of nitrogens with zero attached hydrogens (tertiary/aromatic N) is 2. The monoisotopic (exact) mass is 166 g/mol. The van der Waals surface area contributed by atoms with Gasteiger partial charge in [-0.15, -0.1) is 0 Å². The average molecular weight is 166 g/mol. The van der Waals surface area contributed by atoms with Gasteiger partial charge >= 0.3 is 0 Å². The Balaban J connectivity index is 2.67. The molecule has 1 aliphatic rings. The molecule has 1 amide bonds. The van der Waals surface area contributed by atoms with Crippen molar-refractivity contribution in [2.45, 2.75) is 32.7 Å². The van der Waals surface area contributed by atoms with Crippen LogP contribution in [0.15, 0.2) is 0 Å². The first-order valence-corrected chi connectivity index (χ1v) is 4.37. The zero-order chi connectivity index (χ0) is 9.14. The third-order valence-corrected chi connectivity index (χ3v) is 2.25. The second-order valence-electron chi connectivity index (χ2n) is 3.45. The minimum Gasteiger partial charge on any atom is -0.339 e. The van der Waals surface area contributed by atoms with Gasteiger partial charge in [-0.05, 0) is 26.7 Å². The lowest BCUT2D eigenvalue weighted by atomic mass is 9.97. The predicted molar refractivity (Wildman–Crippen MR) is 45.2 cm³/mol. The number of rotatable bonds is 1. The van der Waals surface area contributed by atoms with Crippen molar-refractivity contribution in [1.29, 1.82) is 5.26 Å². The molecule has 12 heavy (non-hydrogen) atoms. The normalized spacial score (nSPS) is 24.3. The summed E-state index contributed by atoms with van der Waals surface area (Å²) in [6.45, 7) is 4.78. The van der Waals surface area contributed by atoms with Crippen LogP contribution in [0.2, 0.25) is 0 Å². The van der Waals surface area contributed by atoms with Crippen LogP contribution in [0.4, 0.5) is 0 Å². The van der Waals surface area contributed by atoms with Crippen molar-refractivity contribution < 1.29 is 4.79 Å². The van der Waals surface area contributed by atoms with Crippen LogP contribution in [0.5, 0.6) is 0 Å². The van der Waals surface area contributed by atoms with Crippen LogP contribution < -0.4 is 0 Å². The van der Waals surface area contributed by atoms with Gasteiger partial charge in [0.05, 0.1) is 6.07 Å². The number of hydrogen-bond acceptors (Lipinski definition) is 2. The molecule has 3 nitrogen and oxygen atoms in total. The van der Waals surface area contributed by atoms with Crippen molar-refractivity contribution in [2.75, 3.05) is 6.54 Å². The second kappa shape index (κ2) is 3.57. The van der Waals surface area contributed by atoms with E-state index in [1.54, 1.807) is 4.90 Å². The topological polar surface area (TPSA) is 44.1 Å². The van der Waals surface area contributed by atoms with Crippen LogP contribution in [0.25, 0.3) is 0 Å². The molecule has 1 saturated heterocycles. The number of piperidine rings is 1. The summed E-state index contributed by atoms with van der Waals surface area (Å²) in [4.78, 5) is 13.3. The zero-order valence-corrected chi connectivity index (χ0v) is 7.58. The van der Waals surface area contributed by atoms with Gasteiger partial charge in [0.1, 0.15) is 5.92 Å². The molecule has 1 rings (SSSR count). The SMILES string of the molecule is CC(C)N1CCCC(C#N)C1=O. The molecule has 0 bridgehead atoms. The Morgan fingerprint density at radius 2 is 2.33 bits per heavy atom. The van der Waals surface area contributed by atoms with E-state index in [-0.39, 0.29) is 17.9 Å². The summed E-state index contributed by atoms with van der Waals surface area (Å²) < 4.78 is 0. The molecule has 1 aliphatic heterocycles. The van der Waals surface area contributed by atoms with Crippen molar-refractivity contribution in [1.82, 2.24) is 4.90 Å². The van der Waals surface area contributed by atoms with Crippen LogP contribution in [-0.2, 0) is 4.79 Å². The van der Waals surface area contributed by atoms with Crippen LogP contribution >= 0.6 is 0 Å². The van der Waals surface area contributed by atoms with Gasteiger partial charge < -0.3 is 4.90 Å². The number of hydrogen-bond donors (Lipinski definition) is 0. The van der Waals surface area contributed by atoms with E-state index in [0.29, 0.717) is 0 Å². The standard InChI is InChI=1S/C9H14N2O/c1-7(2)11-5-3-4-8(6-10)9(11)12/h7-8H,3-5H2,1-2H3. The van der Waals surface area contributed by atoms with Crippen molar-refractivity contribution >= 4 is 5.91 Å². The van der Waals surface area contributed by atoms with Crippen molar-refractivity contribution in [3.63, 3.8) is 0 Å². The van der Waals surface area contributed by atoms with Crippen LogP contribution in [0.3, 0.4) is 0 Å². The summed E-state index contributed by atoms with van der Waals surface area (Å²) in [6, 6.07) is 2.28. The summed E-state index contributed by atoms with van der Waals surface area (Å²) in [6.07, 6.45) is 1.70. The molecule has 0 aliphatic carbocycles. The highest BCUT2D eigenvalue weighted by Crippen LogP contribution is 2.18. The Morgan fingerprint density at radius 1 is 1.67 bits per heavy atom. The van der Waals surface area contributed by atoms with Crippen molar-refractivity contribution in [3.05, 3.63) is 0 Å². The highest BCUT2D eigenvalue weighted by atomic mass is 16.2. The Labute approximate surface area is 73.0 Å². The number of amides is 1. The Hall–Kier alpha value is -1.04. The first-order chi connectivity index (χ1) is 5.66. The maximum absolute atomic E-state index is 11.5. The maximum atomic E-state index is 11.5. The Kier molecular flexibility index (Phi) is 2.69. The lowest BCUT2D eigenvalue weighted by Gasteiger charge is -2.32. The molecule has 1 atom stereocenters. The fraction of sp³-hybridized carbons (Fsp3) is 0.778. The molecule has 0 saturated carbocycles. The van der Waals surface area contributed by atoms with Gasteiger partial charge in [0.2, 0.25) is 5.91 Å². The van der Waals surface area contributed by atoms with E-state index in [9.17, 15) is 4.79 Å². The number of nitriles is 1. The largest absolute Gasteiger partial charge is 0.339 e. The molecule has 0 spiro atoms. The van der Waals surface area contributed by atoms with Gasteiger partial charge in [0.15, 0.2) is 0 Å². The quantitative estimate of drug-likeness (QED) is 0.586. The minimum atomic E-state index is -0.388. The molecule has 0 aromatic heterocycles. The van der Waals surface area contributed by atoms with Crippen LogP contribution in [0, 0.1) is 17.2 Å². The highest BCUT2D eigenvalue weighted by molar-refractivity contribution is 5.82. The van der Waals surface area contributed by atoms with Gasteiger partial charge in [-0.1, -0.05) is 0 Å². The van der Waals surface area contributed by atoms with Crippen LogP contribution in [0.1, 0.15) is 26.7 Å². The summed E-state index contributed by atoms with van der Waals surface area (Å²) in [5.74, 6) is -0.375. The number of carbonyl (C=O) groups is 1. The summed E-state index contributed by atoms with van der Waals surface area (Å²) in [5, 5.41) is 8.66. The van der Waals surface area contributed by atoms with Gasteiger partial charge in [-0.2, -0.15) is 5.26 Å². The van der Waals surface area contributed by atoms with E-state index >= 15 is 0 Å². The molecule has 0 aromatic rings. The highest BCUT2D eigenvalue weighted by Gasteiger charge is 2.29. The third-order valence-electron chi connectivity index (χ3n) is 2.25. The van der Waals surface area contributed by atoms with E-state index < -0.39 is 0 Å². The molecule has 1 fully saturated rings. The number of carbonyl (C=O) groups excluding carboxylic acids is 1. The van der Waals surface area contributed by atoms with E-state index in [1.165, 1.54) is 0 Å². The fourth-order valence-electron chi connectivity index (χ4n) is 1.53. The van der Waals surface area contributed by atoms with E-state index in [1.807, 2.05) is 19.9 Å². The summed E-state index contributed by atoms with van der Waals surface area (Å²) >= 11 is 0. The molecular weight excluding hydrogens is 152 g/mol. The summed E-state index contributed by atoms with van der Waals surface area (Å²) in [5.41, 5.74) is 0. The van der Waals surface area contributed by atoms with Crippen molar-refractivity contribution in [3.8, 4) is 6.07 Å². The molecule has 1 heterocycles. The molecule has 1 unspecified atom stereocenters. The third kappa shape index (κ3) is 1.58. The molecular formula is C9H14N2O. The van der Waals surface area contributed by atoms with Gasteiger partial charge in [-0.25, -0.2) is 0 Å². The van der Waals surface area contributed by atoms with Gasteiger partial charge in [0, 0.05) is 12.6 Å².